The molecular weight excluding hydrogens is 525 g/mol. The summed E-state index contributed by atoms with van der Waals surface area (Å²) in [4.78, 5) is 42.5. The number of nitrogens with one attached hydrogen (secondary N) is 1. The molecule has 41 heavy (non-hydrogen) atoms. The summed E-state index contributed by atoms with van der Waals surface area (Å²) in [6.07, 6.45) is 0.450. The lowest BCUT2D eigenvalue weighted by Gasteiger charge is -2.36. The van der Waals surface area contributed by atoms with E-state index in [0.29, 0.717) is 41.4 Å². The summed E-state index contributed by atoms with van der Waals surface area (Å²) in [7, 11) is 0. The number of fused-ring (bicyclic) bond motifs is 1. The quantitative estimate of drug-likeness (QED) is 0.465. The SMILES string of the molecule is N#Cc1ccc(Oc2ccc(CN3CCN(c4cc5c(cc4F)C(=O)N(C4CCC(=O)NC4=O)C5)CC3)cc2)cc1. The number of imide groups is 1. The van der Waals surface area contributed by atoms with E-state index in [1.54, 1.807) is 30.3 Å². The summed E-state index contributed by atoms with van der Waals surface area (Å²) in [5.74, 6) is -0.266. The third-order valence-corrected chi connectivity index (χ3v) is 7.85. The second-order valence-electron chi connectivity index (χ2n) is 10.5. The molecule has 0 aliphatic carbocycles. The zero-order chi connectivity index (χ0) is 28.5. The number of amides is 3. The van der Waals surface area contributed by atoms with E-state index in [2.05, 4.69) is 16.3 Å². The van der Waals surface area contributed by atoms with Gasteiger partial charge in [0.05, 0.1) is 17.3 Å². The van der Waals surface area contributed by atoms with Gasteiger partial charge < -0.3 is 14.5 Å². The van der Waals surface area contributed by atoms with Gasteiger partial charge in [-0.05, 0) is 66.1 Å². The minimum absolute atomic E-state index is 0.178. The fourth-order valence-electron chi connectivity index (χ4n) is 5.62. The average Bonchev–Trinajstić information content (AvgIpc) is 3.29. The fourth-order valence-corrected chi connectivity index (χ4v) is 5.62. The van der Waals surface area contributed by atoms with Gasteiger partial charge in [0.15, 0.2) is 0 Å². The lowest BCUT2D eigenvalue weighted by atomic mass is 10.0. The van der Waals surface area contributed by atoms with Gasteiger partial charge in [-0.2, -0.15) is 5.26 Å². The Kier molecular flexibility index (Phi) is 7.12. The summed E-state index contributed by atoms with van der Waals surface area (Å²) >= 11 is 0. The molecule has 3 aromatic carbocycles. The van der Waals surface area contributed by atoms with Gasteiger partial charge in [0.2, 0.25) is 11.8 Å². The molecule has 1 atom stereocenters. The second kappa shape index (κ2) is 11.0. The highest BCUT2D eigenvalue weighted by atomic mass is 19.1. The Morgan fingerprint density at radius 1 is 0.951 bits per heavy atom. The summed E-state index contributed by atoms with van der Waals surface area (Å²) in [5, 5.41) is 11.2. The highest BCUT2D eigenvalue weighted by Gasteiger charge is 2.40. The molecule has 6 rings (SSSR count). The van der Waals surface area contributed by atoms with Crippen LogP contribution in [0.5, 0.6) is 11.5 Å². The number of carbonyl (C=O) groups excluding carboxylic acids is 3. The highest BCUT2D eigenvalue weighted by molar-refractivity contribution is 6.05. The molecule has 1 unspecified atom stereocenters. The predicted octanol–water partition coefficient (Wildman–Crippen LogP) is 3.57. The van der Waals surface area contributed by atoms with Crippen molar-refractivity contribution >= 4 is 23.4 Å². The lowest BCUT2D eigenvalue weighted by molar-refractivity contribution is -0.136. The van der Waals surface area contributed by atoms with E-state index in [4.69, 9.17) is 10.00 Å². The molecule has 0 radical (unpaired) electrons. The molecule has 1 N–H and O–H groups in total. The van der Waals surface area contributed by atoms with Crippen LogP contribution in [0.1, 0.15) is 39.9 Å². The normalized spacial score (nSPS) is 19.1. The van der Waals surface area contributed by atoms with Gasteiger partial charge in [0, 0.05) is 51.3 Å². The Labute approximate surface area is 236 Å². The van der Waals surface area contributed by atoms with Crippen LogP contribution in [0.2, 0.25) is 0 Å². The van der Waals surface area contributed by atoms with Crippen molar-refractivity contribution in [2.45, 2.75) is 32.0 Å². The standard InChI is InChI=1S/C31H28FN5O4/c32-26-16-25-22(19-37(31(25)40)27-9-10-29(38)34-30(27)39)15-28(26)36-13-11-35(12-14-36)18-21-3-7-24(8-4-21)41-23-5-1-20(17-33)2-6-23/h1-8,15-16,27H,9-14,18-19H2,(H,34,38,39). The maximum absolute atomic E-state index is 15.2. The predicted molar refractivity (Wildman–Crippen MR) is 148 cm³/mol. The van der Waals surface area contributed by atoms with Crippen molar-refractivity contribution in [3.05, 3.63) is 88.7 Å². The summed E-state index contributed by atoms with van der Waals surface area (Å²) in [6.45, 7) is 3.76. The number of hydrogen-bond acceptors (Lipinski definition) is 7. The average molecular weight is 554 g/mol. The number of piperazine rings is 1. The molecule has 2 fully saturated rings. The van der Waals surface area contributed by atoms with Crippen molar-refractivity contribution < 1.29 is 23.5 Å². The van der Waals surface area contributed by atoms with Crippen LogP contribution in [-0.2, 0) is 22.7 Å². The number of benzene rings is 3. The summed E-state index contributed by atoms with van der Waals surface area (Å²) in [6, 6.07) is 19.2. The third-order valence-electron chi connectivity index (χ3n) is 7.85. The van der Waals surface area contributed by atoms with Crippen LogP contribution < -0.4 is 15.0 Å². The van der Waals surface area contributed by atoms with Crippen LogP contribution >= 0.6 is 0 Å². The zero-order valence-corrected chi connectivity index (χ0v) is 22.3. The second-order valence-corrected chi connectivity index (χ2v) is 10.5. The monoisotopic (exact) mass is 553 g/mol. The molecule has 3 aromatic rings. The molecule has 0 bridgehead atoms. The largest absolute Gasteiger partial charge is 0.457 e. The topological polar surface area (TPSA) is 106 Å². The number of rotatable bonds is 6. The minimum atomic E-state index is -0.723. The van der Waals surface area contributed by atoms with Crippen molar-refractivity contribution in [3.8, 4) is 17.6 Å². The number of anilines is 1. The smallest absolute Gasteiger partial charge is 0.255 e. The number of carbonyl (C=O) groups is 3. The number of piperidine rings is 1. The molecule has 3 heterocycles. The van der Waals surface area contributed by atoms with Gasteiger partial charge in [-0.1, -0.05) is 12.1 Å². The van der Waals surface area contributed by atoms with Crippen LogP contribution in [0.25, 0.3) is 0 Å². The maximum Gasteiger partial charge on any atom is 0.255 e. The third kappa shape index (κ3) is 5.49. The molecule has 9 nitrogen and oxygen atoms in total. The van der Waals surface area contributed by atoms with E-state index in [1.807, 2.05) is 29.2 Å². The van der Waals surface area contributed by atoms with E-state index in [0.717, 1.165) is 25.2 Å². The number of hydrogen-bond donors (Lipinski definition) is 1. The van der Waals surface area contributed by atoms with E-state index in [9.17, 15) is 14.4 Å². The Balaban J connectivity index is 1.05. The Hall–Kier alpha value is -4.75. The zero-order valence-electron chi connectivity index (χ0n) is 22.3. The van der Waals surface area contributed by atoms with E-state index >= 15 is 4.39 Å². The molecule has 0 saturated carbocycles. The molecule has 0 aromatic heterocycles. The molecule has 0 spiro atoms. The van der Waals surface area contributed by atoms with Gasteiger partial charge in [0.25, 0.3) is 5.91 Å². The summed E-state index contributed by atoms with van der Waals surface area (Å²) < 4.78 is 21.1. The van der Waals surface area contributed by atoms with Crippen molar-refractivity contribution in [2.75, 3.05) is 31.1 Å². The van der Waals surface area contributed by atoms with E-state index in [1.165, 1.54) is 11.0 Å². The molecule has 3 aliphatic heterocycles. The first-order chi connectivity index (χ1) is 19.9. The van der Waals surface area contributed by atoms with Crippen molar-refractivity contribution in [2.24, 2.45) is 0 Å². The first kappa shape index (κ1) is 26.5. The van der Waals surface area contributed by atoms with Crippen molar-refractivity contribution in [1.29, 1.82) is 5.26 Å². The van der Waals surface area contributed by atoms with Gasteiger partial charge in [-0.25, -0.2) is 4.39 Å². The fraction of sp³-hybridized carbons (Fsp3) is 0.290. The minimum Gasteiger partial charge on any atom is -0.457 e. The number of halogens is 1. The molecule has 10 heteroatoms. The Morgan fingerprint density at radius 3 is 2.29 bits per heavy atom. The number of nitrogens with zero attached hydrogens (tertiary/aromatic N) is 4. The summed E-state index contributed by atoms with van der Waals surface area (Å²) in [5.41, 5.74) is 3.16. The van der Waals surface area contributed by atoms with Crippen molar-refractivity contribution in [3.63, 3.8) is 0 Å². The van der Waals surface area contributed by atoms with Crippen LogP contribution in [0.15, 0.2) is 60.7 Å². The van der Waals surface area contributed by atoms with Gasteiger partial charge in [-0.3, -0.25) is 24.6 Å². The van der Waals surface area contributed by atoms with Crippen LogP contribution in [0, 0.1) is 17.1 Å². The van der Waals surface area contributed by atoms with Gasteiger partial charge in [0.1, 0.15) is 23.4 Å². The molecule has 208 valence electrons. The molecule has 2 saturated heterocycles. The van der Waals surface area contributed by atoms with E-state index < -0.39 is 17.8 Å². The Bertz CT molecular complexity index is 1540. The maximum atomic E-state index is 15.2. The molecular formula is C31H28FN5O4. The van der Waals surface area contributed by atoms with E-state index in [-0.39, 0.29) is 36.8 Å². The van der Waals surface area contributed by atoms with Crippen molar-refractivity contribution in [1.82, 2.24) is 15.1 Å². The van der Waals surface area contributed by atoms with Crippen LogP contribution in [0.3, 0.4) is 0 Å². The molecule has 3 aliphatic rings. The Morgan fingerprint density at radius 2 is 1.63 bits per heavy atom. The van der Waals surface area contributed by atoms with Gasteiger partial charge in [-0.15, -0.1) is 0 Å². The van der Waals surface area contributed by atoms with Crippen LogP contribution in [0.4, 0.5) is 10.1 Å². The first-order valence-corrected chi connectivity index (χ1v) is 13.6. The molecule has 3 amide bonds. The van der Waals surface area contributed by atoms with Gasteiger partial charge >= 0.3 is 0 Å². The van der Waals surface area contributed by atoms with Crippen LogP contribution in [-0.4, -0.2) is 59.7 Å². The number of ether oxygens (including phenoxy) is 1. The first-order valence-electron chi connectivity index (χ1n) is 13.6. The highest BCUT2D eigenvalue weighted by Crippen LogP contribution is 2.33. The number of nitriles is 1. The lowest BCUT2D eigenvalue weighted by Crippen LogP contribution is -2.52.